The Balaban J connectivity index is 1.69. The number of aromatic nitrogens is 1. The van der Waals surface area contributed by atoms with E-state index in [1.165, 1.54) is 5.38 Å². The number of thiazole rings is 1. The molecule has 26 heavy (non-hydrogen) atoms. The first-order chi connectivity index (χ1) is 12.3. The Hall–Kier alpha value is -2.93. The number of hydrogen-bond acceptors (Lipinski definition) is 9. The number of carboxylic acids is 1. The quantitative estimate of drug-likeness (QED) is 0.206. The zero-order valence-corrected chi connectivity index (χ0v) is 14.3. The molecule has 1 aromatic heterocycles. The number of nitrogens with one attached hydrogen (secondary N) is 2. The van der Waals surface area contributed by atoms with Crippen molar-refractivity contribution in [3.8, 4) is 0 Å². The summed E-state index contributed by atoms with van der Waals surface area (Å²) in [5.41, 5.74) is -0.722. The second-order valence-corrected chi connectivity index (χ2v) is 7.05. The Morgan fingerprint density at radius 3 is 2.77 bits per heavy atom. The molecule has 0 radical (unpaired) electrons. The minimum Gasteiger partial charge on any atom is -0.509 e. The number of Topliss-reactive ketones (excluding diaryl/α,β-unsaturated/α-hetero) is 1. The number of aliphatic carboxylic acids is 1. The molecule has 11 nitrogen and oxygen atoms in total. The predicted molar refractivity (Wildman–Crippen MR) is 88.4 cm³/mol. The summed E-state index contributed by atoms with van der Waals surface area (Å²) in [6, 6.07) is -1.09. The van der Waals surface area contributed by atoms with Crippen molar-refractivity contribution < 1.29 is 34.2 Å². The van der Waals surface area contributed by atoms with Crippen molar-refractivity contribution in [2.24, 2.45) is 0 Å². The average Bonchev–Trinajstić information content (AvgIpc) is 3.07. The van der Waals surface area contributed by atoms with Crippen molar-refractivity contribution in [2.75, 3.05) is 11.1 Å². The van der Waals surface area contributed by atoms with Gasteiger partial charge in [-0.2, -0.15) is 0 Å². The van der Waals surface area contributed by atoms with Gasteiger partial charge in [0.15, 0.2) is 10.8 Å². The number of carboxylic acid groups (broad SMARTS) is 1. The van der Waals surface area contributed by atoms with E-state index in [0.717, 1.165) is 28.0 Å². The minimum absolute atomic E-state index is 0.0385. The zero-order chi connectivity index (χ0) is 19.0. The molecule has 136 valence electrons. The van der Waals surface area contributed by atoms with Crippen LogP contribution in [0.25, 0.3) is 0 Å². The third-order valence-corrected chi connectivity index (χ3v) is 5.60. The molecule has 0 bridgehead atoms. The summed E-state index contributed by atoms with van der Waals surface area (Å²) >= 11 is 2.01. The fraction of sp³-hybridized carbons (Fsp3) is 0.231. The minimum atomic E-state index is -1.46. The van der Waals surface area contributed by atoms with E-state index in [4.69, 9.17) is 5.11 Å². The highest BCUT2D eigenvalue weighted by Gasteiger charge is 2.54. The van der Waals surface area contributed by atoms with Crippen LogP contribution in [0.3, 0.4) is 0 Å². The van der Waals surface area contributed by atoms with Gasteiger partial charge in [0, 0.05) is 5.38 Å². The van der Waals surface area contributed by atoms with Crippen LogP contribution in [-0.2, 0) is 19.2 Å². The van der Waals surface area contributed by atoms with E-state index in [9.17, 15) is 29.1 Å². The SMILES string of the molecule is O=CNc1nc(C(=O)C(=O)NC2C(=O)N3C(C(=O)O)=C(O)CS[C@@H]23)cs1. The van der Waals surface area contributed by atoms with Gasteiger partial charge >= 0.3 is 5.97 Å². The van der Waals surface area contributed by atoms with Crippen LogP contribution < -0.4 is 10.6 Å². The van der Waals surface area contributed by atoms with E-state index < -0.39 is 46.4 Å². The zero-order valence-electron chi connectivity index (χ0n) is 12.7. The van der Waals surface area contributed by atoms with Crippen LogP contribution in [0.1, 0.15) is 10.5 Å². The molecule has 1 unspecified atom stereocenters. The largest absolute Gasteiger partial charge is 0.509 e. The Kier molecular flexibility index (Phi) is 4.65. The Morgan fingerprint density at radius 2 is 2.12 bits per heavy atom. The molecule has 2 aliphatic rings. The first-order valence-corrected chi connectivity index (χ1v) is 8.89. The molecule has 2 aliphatic heterocycles. The van der Waals surface area contributed by atoms with Crippen LogP contribution in [0.2, 0.25) is 0 Å². The maximum atomic E-state index is 12.2. The van der Waals surface area contributed by atoms with Crippen LogP contribution in [0.4, 0.5) is 5.13 Å². The van der Waals surface area contributed by atoms with Crippen molar-refractivity contribution in [3.63, 3.8) is 0 Å². The molecular weight excluding hydrogens is 388 g/mol. The number of β-lactam (4-membered cyclic amide) rings is 1. The number of rotatable bonds is 6. The lowest BCUT2D eigenvalue weighted by Crippen LogP contribution is -2.71. The van der Waals surface area contributed by atoms with Crippen LogP contribution in [0.5, 0.6) is 0 Å². The summed E-state index contributed by atoms with van der Waals surface area (Å²) in [5.74, 6) is -4.76. The van der Waals surface area contributed by atoms with Crippen LogP contribution in [-0.4, -0.2) is 67.2 Å². The number of nitrogens with zero attached hydrogens (tertiary/aromatic N) is 2. The summed E-state index contributed by atoms with van der Waals surface area (Å²) in [7, 11) is 0. The number of aliphatic hydroxyl groups excluding tert-OH is 1. The van der Waals surface area contributed by atoms with Gasteiger partial charge in [-0.25, -0.2) is 9.78 Å². The topological polar surface area (TPSA) is 166 Å². The number of fused-ring (bicyclic) bond motifs is 1. The summed E-state index contributed by atoms with van der Waals surface area (Å²) in [6.45, 7) is 0. The summed E-state index contributed by atoms with van der Waals surface area (Å²) in [6.07, 6.45) is 0.373. The Bertz CT molecular complexity index is 864. The van der Waals surface area contributed by atoms with E-state index in [0.29, 0.717) is 6.41 Å². The number of anilines is 1. The van der Waals surface area contributed by atoms with Crippen molar-refractivity contribution in [2.45, 2.75) is 11.4 Å². The van der Waals surface area contributed by atoms with Crippen LogP contribution in [0, 0.1) is 0 Å². The molecule has 0 aliphatic carbocycles. The summed E-state index contributed by atoms with van der Waals surface area (Å²) in [4.78, 5) is 62.4. The van der Waals surface area contributed by atoms with Crippen molar-refractivity contribution in [3.05, 3.63) is 22.5 Å². The van der Waals surface area contributed by atoms with Gasteiger partial charge in [0.25, 0.3) is 17.6 Å². The smallest absolute Gasteiger partial charge is 0.356 e. The van der Waals surface area contributed by atoms with Gasteiger partial charge in [-0.15, -0.1) is 23.1 Å². The molecule has 3 heterocycles. The molecule has 2 atom stereocenters. The molecular formula is C13H10N4O7S2. The summed E-state index contributed by atoms with van der Waals surface area (Å²) < 4.78 is 0. The van der Waals surface area contributed by atoms with E-state index >= 15 is 0 Å². The van der Waals surface area contributed by atoms with Crippen LogP contribution >= 0.6 is 23.1 Å². The normalized spacial score (nSPS) is 21.5. The van der Waals surface area contributed by atoms with Gasteiger partial charge in [-0.05, 0) is 0 Å². The standard InChI is InChI=1S/C13H10N4O7S2/c18-3-14-13-15-4(1-26-13)8(20)9(21)16-6-10(22)17-7(12(23)24)5(19)2-25-11(6)17/h1,3,6,11,19H,2H2,(H,16,21)(H,23,24)(H,14,15,18)/t6?,11-/m0/s1. The van der Waals surface area contributed by atoms with Gasteiger partial charge in [-0.3, -0.25) is 24.1 Å². The monoisotopic (exact) mass is 398 g/mol. The maximum absolute atomic E-state index is 12.2. The van der Waals surface area contributed by atoms with Gasteiger partial charge in [0.05, 0.1) is 5.75 Å². The second kappa shape index (κ2) is 6.76. The lowest BCUT2D eigenvalue weighted by atomic mass is 10.0. The number of thioether (sulfide) groups is 1. The fourth-order valence-corrected chi connectivity index (χ4v) is 4.27. The fourth-order valence-electron chi connectivity index (χ4n) is 2.42. The van der Waals surface area contributed by atoms with E-state index in [1.807, 2.05) is 0 Å². The van der Waals surface area contributed by atoms with Gasteiger partial charge in [0.1, 0.15) is 22.9 Å². The molecule has 0 spiro atoms. The first-order valence-electron chi connectivity index (χ1n) is 6.96. The highest BCUT2D eigenvalue weighted by atomic mass is 32.2. The third-order valence-electron chi connectivity index (χ3n) is 3.56. The molecule has 1 aromatic rings. The van der Waals surface area contributed by atoms with Gasteiger partial charge in [0.2, 0.25) is 6.41 Å². The van der Waals surface area contributed by atoms with E-state index in [2.05, 4.69) is 15.6 Å². The molecule has 0 aromatic carbocycles. The third kappa shape index (κ3) is 2.90. The molecule has 1 saturated heterocycles. The molecule has 3 rings (SSSR count). The van der Waals surface area contributed by atoms with Crippen molar-refractivity contribution >= 4 is 58.2 Å². The highest BCUT2D eigenvalue weighted by molar-refractivity contribution is 8.00. The van der Waals surface area contributed by atoms with Gasteiger partial charge < -0.3 is 20.8 Å². The molecule has 4 N–H and O–H groups in total. The number of carbonyl (C=O) groups excluding carboxylic acids is 4. The second-order valence-electron chi connectivity index (χ2n) is 5.09. The predicted octanol–water partition coefficient (Wildman–Crippen LogP) is -0.852. The van der Waals surface area contributed by atoms with Crippen molar-refractivity contribution in [1.29, 1.82) is 0 Å². The summed E-state index contributed by atoms with van der Waals surface area (Å²) in [5, 5.41) is 23.9. The van der Waals surface area contributed by atoms with E-state index in [-0.39, 0.29) is 16.6 Å². The molecule has 3 amide bonds. The number of carbonyl (C=O) groups is 5. The molecule has 1 fully saturated rings. The van der Waals surface area contributed by atoms with Crippen LogP contribution in [0.15, 0.2) is 16.8 Å². The Labute approximate surface area is 153 Å². The number of aliphatic hydroxyl groups is 1. The maximum Gasteiger partial charge on any atom is 0.356 e. The number of hydrogen-bond donors (Lipinski definition) is 4. The number of amides is 3. The van der Waals surface area contributed by atoms with Gasteiger partial charge in [-0.1, -0.05) is 0 Å². The lowest BCUT2D eigenvalue weighted by Gasteiger charge is -2.48. The van der Waals surface area contributed by atoms with Crippen molar-refractivity contribution in [1.82, 2.24) is 15.2 Å². The lowest BCUT2D eigenvalue weighted by molar-refractivity contribution is -0.150. The number of ketones is 1. The average molecular weight is 398 g/mol. The van der Waals surface area contributed by atoms with E-state index in [1.54, 1.807) is 0 Å². The molecule has 13 heteroatoms. The highest BCUT2D eigenvalue weighted by Crippen LogP contribution is 2.39. The Morgan fingerprint density at radius 1 is 1.38 bits per heavy atom. The first kappa shape index (κ1) is 17.9. The molecule has 0 saturated carbocycles.